The monoisotopic (exact) mass is 207 g/mol. The molecule has 0 aliphatic rings. The Labute approximate surface area is 79.9 Å². The van der Waals surface area contributed by atoms with Crippen molar-refractivity contribution in [2.75, 3.05) is 38.3 Å². The maximum absolute atomic E-state index is 10.7. The number of nitrogens with one attached hydrogen (secondary N) is 1. The largest absolute Gasteiger partial charge is 0.376 e. The highest BCUT2D eigenvalue weighted by Gasteiger charge is 1.99. The Morgan fingerprint density at radius 1 is 1.46 bits per heavy atom. The van der Waals surface area contributed by atoms with E-state index >= 15 is 0 Å². The summed E-state index contributed by atoms with van der Waals surface area (Å²) >= 11 is 0. The van der Waals surface area contributed by atoms with Gasteiger partial charge in [0.15, 0.2) is 0 Å². The van der Waals surface area contributed by atoms with E-state index in [1.54, 1.807) is 6.08 Å². The zero-order valence-electron chi connectivity index (χ0n) is 7.95. The van der Waals surface area contributed by atoms with E-state index in [-0.39, 0.29) is 5.75 Å². The van der Waals surface area contributed by atoms with Crippen LogP contribution < -0.4 is 5.32 Å². The second kappa shape index (κ2) is 7.06. The standard InChI is InChI=1S/C8H17NO3S/c1-3-6-12-7-4-9-5-8-13(2,10)11/h3,9H,1,4-8H2,2H3. The molecule has 0 rings (SSSR count). The van der Waals surface area contributed by atoms with Gasteiger partial charge in [-0.3, -0.25) is 0 Å². The topological polar surface area (TPSA) is 55.4 Å². The van der Waals surface area contributed by atoms with Crippen molar-refractivity contribution in [3.05, 3.63) is 12.7 Å². The molecule has 78 valence electrons. The Morgan fingerprint density at radius 3 is 2.69 bits per heavy atom. The van der Waals surface area contributed by atoms with E-state index in [0.29, 0.717) is 26.3 Å². The number of sulfone groups is 1. The van der Waals surface area contributed by atoms with E-state index in [4.69, 9.17) is 4.74 Å². The lowest BCUT2D eigenvalue weighted by Crippen LogP contribution is -2.25. The second-order valence-electron chi connectivity index (χ2n) is 2.74. The molecule has 0 aromatic heterocycles. The minimum absolute atomic E-state index is 0.175. The molecule has 0 spiro atoms. The molecule has 0 aliphatic carbocycles. The fourth-order valence-electron chi connectivity index (χ4n) is 0.694. The van der Waals surface area contributed by atoms with Gasteiger partial charge in [-0.2, -0.15) is 0 Å². The zero-order chi connectivity index (χ0) is 10.2. The lowest BCUT2D eigenvalue weighted by atomic mass is 10.6. The molecule has 1 N–H and O–H groups in total. The van der Waals surface area contributed by atoms with Crippen LogP contribution in [0.5, 0.6) is 0 Å². The van der Waals surface area contributed by atoms with E-state index in [9.17, 15) is 8.42 Å². The molecule has 0 aliphatic heterocycles. The molecule has 0 fully saturated rings. The minimum Gasteiger partial charge on any atom is -0.376 e. The van der Waals surface area contributed by atoms with Crippen LogP contribution in [0.1, 0.15) is 0 Å². The first-order valence-corrected chi connectivity index (χ1v) is 6.19. The van der Waals surface area contributed by atoms with Crippen LogP contribution in [0.15, 0.2) is 12.7 Å². The summed E-state index contributed by atoms with van der Waals surface area (Å²) < 4.78 is 26.4. The van der Waals surface area contributed by atoms with Crippen LogP contribution in [-0.2, 0) is 14.6 Å². The Hall–Kier alpha value is -0.390. The van der Waals surface area contributed by atoms with Crippen molar-refractivity contribution in [1.82, 2.24) is 5.32 Å². The van der Waals surface area contributed by atoms with Gasteiger partial charge >= 0.3 is 0 Å². The summed E-state index contributed by atoms with van der Waals surface area (Å²) in [6.45, 7) is 5.77. The molecule has 0 bridgehead atoms. The van der Waals surface area contributed by atoms with Crippen molar-refractivity contribution < 1.29 is 13.2 Å². The van der Waals surface area contributed by atoms with Crippen molar-refractivity contribution >= 4 is 9.84 Å². The second-order valence-corrected chi connectivity index (χ2v) is 5.00. The summed E-state index contributed by atoms with van der Waals surface area (Å²) in [5.41, 5.74) is 0. The van der Waals surface area contributed by atoms with E-state index in [1.165, 1.54) is 6.26 Å². The van der Waals surface area contributed by atoms with Gasteiger partial charge in [-0.05, 0) is 0 Å². The third kappa shape index (κ3) is 11.6. The lowest BCUT2D eigenvalue weighted by Gasteiger charge is -2.03. The van der Waals surface area contributed by atoms with Crippen LogP contribution in [0.25, 0.3) is 0 Å². The van der Waals surface area contributed by atoms with Gasteiger partial charge in [0.05, 0.1) is 19.0 Å². The molecule has 0 heterocycles. The predicted octanol–water partition coefficient (Wildman–Crippen LogP) is -0.177. The Bertz CT molecular complexity index is 224. The highest BCUT2D eigenvalue weighted by molar-refractivity contribution is 7.90. The van der Waals surface area contributed by atoms with Gasteiger partial charge in [0.2, 0.25) is 0 Å². The fraction of sp³-hybridized carbons (Fsp3) is 0.750. The number of hydrogen-bond donors (Lipinski definition) is 1. The molecule has 13 heavy (non-hydrogen) atoms. The SMILES string of the molecule is C=CCOCCNCCS(C)(=O)=O. The van der Waals surface area contributed by atoms with E-state index in [0.717, 1.165) is 0 Å². The van der Waals surface area contributed by atoms with Gasteiger partial charge in [0.25, 0.3) is 0 Å². The predicted molar refractivity (Wildman–Crippen MR) is 53.6 cm³/mol. The maximum Gasteiger partial charge on any atom is 0.148 e. The van der Waals surface area contributed by atoms with Crippen molar-refractivity contribution in [2.45, 2.75) is 0 Å². The molecule has 5 heteroatoms. The highest BCUT2D eigenvalue weighted by Crippen LogP contribution is 1.79. The first kappa shape index (κ1) is 12.6. The molecule has 0 amide bonds. The number of hydrogen-bond acceptors (Lipinski definition) is 4. The normalized spacial score (nSPS) is 11.5. The zero-order valence-corrected chi connectivity index (χ0v) is 8.77. The molecule has 0 saturated heterocycles. The van der Waals surface area contributed by atoms with Crippen LogP contribution in [0.2, 0.25) is 0 Å². The number of ether oxygens (including phenoxy) is 1. The minimum atomic E-state index is -2.84. The van der Waals surface area contributed by atoms with Crippen molar-refractivity contribution in [1.29, 1.82) is 0 Å². The van der Waals surface area contributed by atoms with E-state index < -0.39 is 9.84 Å². The molecule has 0 aromatic rings. The molecule has 4 nitrogen and oxygen atoms in total. The summed E-state index contributed by atoms with van der Waals surface area (Å²) in [5, 5.41) is 2.96. The van der Waals surface area contributed by atoms with Gasteiger partial charge in [-0.1, -0.05) is 6.08 Å². The quantitative estimate of drug-likeness (QED) is 0.443. The van der Waals surface area contributed by atoms with Crippen LogP contribution in [0, 0.1) is 0 Å². The Balaban J connectivity index is 3.13. The number of rotatable bonds is 8. The molecule has 0 saturated carbocycles. The van der Waals surface area contributed by atoms with E-state index in [1.807, 2.05) is 0 Å². The van der Waals surface area contributed by atoms with Gasteiger partial charge in [-0.25, -0.2) is 8.42 Å². The molecule has 0 unspecified atom stereocenters. The average Bonchev–Trinajstić information content (AvgIpc) is 2.01. The maximum atomic E-state index is 10.7. The molecule has 0 atom stereocenters. The first-order valence-electron chi connectivity index (χ1n) is 4.13. The lowest BCUT2D eigenvalue weighted by molar-refractivity contribution is 0.164. The molecular weight excluding hydrogens is 190 g/mol. The third-order valence-corrected chi connectivity index (χ3v) is 2.25. The van der Waals surface area contributed by atoms with Crippen molar-refractivity contribution in [2.24, 2.45) is 0 Å². The van der Waals surface area contributed by atoms with Gasteiger partial charge in [-0.15, -0.1) is 6.58 Å². The fourth-order valence-corrected chi connectivity index (χ4v) is 1.21. The summed E-state index contributed by atoms with van der Waals surface area (Å²) in [7, 11) is -2.84. The van der Waals surface area contributed by atoms with Crippen LogP contribution in [-0.4, -0.2) is 46.7 Å². The first-order chi connectivity index (χ1) is 6.06. The van der Waals surface area contributed by atoms with Crippen LogP contribution >= 0.6 is 0 Å². The smallest absolute Gasteiger partial charge is 0.148 e. The molecular formula is C8H17NO3S. The van der Waals surface area contributed by atoms with Crippen molar-refractivity contribution in [3.8, 4) is 0 Å². The molecule has 0 radical (unpaired) electrons. The summed E-state index contributed by atoms with van der Waals surface area (Å²) in [5.74, 6) is 0.175. The van der Waals surface area contributed by atoms with Crippen LogP contribution in [0.3, 0.4) is 0 Å². The van der Waals surface area contributed by atoms with Gasteiger partial charge in [0.1, 0.15) is 9.84 Å². The third-order valence-electron chi connectivity index (χ3n) is 1.31. The van der Waals surface area contributed by atoms with Crippen molar-refractivity contribution in [3.63, 3.8) is 0 Å². The Morgan fingerprint density at radius 2 is 2.15 bits per heavy atom. The Kier molecular flexibility index (Phi) is 6.84. The van der Waals surface area contributed by atoms with Crippen LogP contribution in [0.4, 0.5) is 0 Å². The average molecular weight is 207 g/mol. The summed E-state index contributed by atoms with van der Waals surface area (Å²) in [6, 6.07) is 0. The van der Waals surface area contributed by atoms with Gasteiger partial charge < -0.3 is 10.1 Å². The van der Waals surface area contributed by atoms with Gasteiger partial charge in [0, 0.05) is 19.3 Å². The van der Waals surface area contributed by atoms with E-state index in [2.05, 4.69) is 11.9 Å². The summed E-state index contributed by atoms with van der Waals surface area (Å²) in [6.07, 6.45) is 2.90. The molecule has 0 aromatic carbocycles. The highest BCUT2D eigenvalue weighted by atomic mass is 32.2. The summed E-state index contributed by atoms with van der Waals surface area (Å²) in [4.78, 5) is 0.